The van der Waals surface area contributed by atoms with Gasteiger partial charge < -0.3 is 24.6 Å². The van der Waals surface area contributed by atoms with E-state index in [0.29, 0.717) is 39.0 Å². The summed E-state index contributed by atoms with van der Waals surface area (Å²) in [5, 5.41) is 12.2. The Morgan fingerprint density at radius 1 is 1.22 bits per heavy atom. The van der Waals surface area contributed by atoms with Gasteiger partial charge in [-0.25, -0.2) is 4.79 Å². The van der Waals surface area contributed by atoms with Crippen molar-refractivity contribution in [3.8, 4) is 5.75 Å². The molecule has 0 heterocycles. The van der Waals surface area contributed by atoms with Crippen molar-refractivity contribution in [2.45, 2.75) is 64.8 Å². The fourth-order valence-corrected chi connectivity index (χ4v) is 3.48. The Morgan fingerprint density at radius 3 is 2.59 bits per heavy atom. The zero-order chi connectivity index (χ0) is 23.6. The number of allylic oxidation sites excluding steroid dienone is 1. The molecular weight excluding hydrogens is 410 g/mol. The van der Waals surface area contributed by atoms with E-state index in [0.717, 1.165) is 16.9 Å². The van der Waals surface area contributed by atoms with Crippen LogP contribution in [0.4, 0.5) is 0 Å². The van der Waals surface area contributed by atoms with Gasteiger partial charge >= 0.3 is 5.97 Å². The van der Waals surface area contributed by atoms with Gasteiger partial charge in [0.2, 0.25) is 0 Å². The van der Waals surface area contributed by atoms with Crippen molar-refractivity contribution in [1.29, 1.82) is 0 Å². The Hall–Kier alpha value is -2.64. The first kappa shape index (κ1) is 25.6. The number of hydrogen-bond acceptors (Lipinski definition) is 5. The third-order valence-electron chi connectivity index (χ3n) is 5.15. The number of carbonyl (C=O) groups excluding carboxylic acids is 1. The van der Waals surface area contributed by atoms with Crippen molar-refractivity contribution in [2.24, 2.45) is 0 Å². The maximum Gasteiger partial charge on any atom is 0.333 e. The van der Waals surface area contributed by atoms with Gasteiger partial charge in [0.15, 0.2) is 6.10 Å². The Morgan fingerprint density at radius 2 is 1.97 bits per heavy atom. The van der Waals surface area contributed by atoms with Crippen LogP contribution in [0.5, 0.6) is 5.75 Å². The first-order valence-corrected chi connectivity index (χ1v) is 11.1. The highest BCUT2D eigenvalue weighted by atomic mass is 16.5. The molecule has 7 heteroatoms. The first-order chi connectivity index (χ1) is 15.3. The number of carboxylic acids is 1. The maximum atomic E-state index is 12.7. The number of ether oxygens (including phenoxy) is 3. The SMILES string of the molecule is CCOc1ccccc1CCNC(=O)C(C)(C)OC1C=CC(C[C@H](OCC)C(=O)O)=CC1. The van der Waals surface area contributed by atoms with Gasteiger partial charge in [0.05, 0.1) is 12.7 Å². The Balaban J connectivity index is 1.83. The minimum atomic E-state index is -1.01. The molecule has 0 saturated heterocycles. The average molecular weight is 446 g/mol. The van der Waals surface area contributed by atoms with Gasteiger partial charge in [0.25, 0.3) is 5.91 Å². The van der Waals surface area contributed by atoms with Crippen molar-refractivity contribution < 1.29 is 28.9 Å². The highest BCUT2D eigenvalue weighted by molar-refractivity contribution is 5.84. The number of para-hydroxylation sites is 1. The fourth-order valence-electron chi connectivity index (χ4n) is 3.48. The largest absolute Gasteiger partial charge is 0.494 e. The summed E-state index contributed by atoms with van der Waals surface area (Å²) in [4.78, 5) is 24.0. The standard InChI is InChI=1S/C25H35NO6/c1-5-30-21-10-8-7-9-19(21)15-16-26-24(29)25(3,4)32-20-13-11-18(12-14-20)17-22(23(27)28)31-6-2/h7-13,20,22H,5-6,14-17H2,1-4H3,(H,26,29)(H,27,28)/t20?,22-/m0/s1. The van der Waals surface area contributed by atoms with E-state index in [2.05, 4.69) is 5.32 Å². The Labute approximate surface area is 190 Å². The minimum absolute atomic E-state index is 0.183. The number of amides is 1. The molecule has 1 aliphatic carbocycles. The van der Waals surface area contributed by atoms with Gasteiger partial charge in [-0.05, 0) is 57.7 Å². The van der Waals surface area contributed by atoms with E-state index < -0.39 is 17.7 Å². The van der Waals surface area contributed by atoms with Crippen LogP contribution < -0.4 is 10.1 Å². The zero-order valence-corrected chi connectivity index (χ0v) is 19.4. The van der Waals surface area contributed by atoms with E-state index in [1.54, 1.807) is 20.8 Å². The Bertz CT molecular complexity index is 829. The number of benzene rings is 1. The molecule has 0 bridgehead atoms. The summed E-state index contributed by atoms with van der Waals surface area (Å²) in [6.07, 6.45) is 6.09. The van der Waals surface area contributed by atoms with E-state index in [4.69, 9.17) is 14.2 Å². The average Bonchev–Trinajstić information content (AvgIpc) is 2.75. The summed E-state index contributed by atoms with van der Waals surface area (Å²) in [6, 6.07) is 7.81. The minimum Gasteiger partial charge on any atom is -0.494 e. The topological polar surface area (TPSA) is 94.1 Å². The van der Waals surface area contributed by atoms with Crippen molar-refractivity contribution >= 4 is 11.9 Å². The summed E-state index contributed by atoms with van der Waals surface area (Å²) in [5.74, 6) is -0.317. The van der Waals surface area contributed by atoms with Crippen LogP contribution in [0.25, 0.3) is 0 Å². The predicted molar refractivity (Wildman–Crippen MR) is 123 cm³/mol. The van der Waals surface area contributed by atoms with Crippen LogP contribution in [-0.4, -0.2) is 54.6 Å². The van der Waals surface area contributed by atoms with Crippen LogP contribution in [0, 0.1) is 0 Å². The molecule has 1 unspecified atom stereocenters. The third-order valence-corrected chi connectivity index (χ3v) is 5.15. The Kier molecular flexibility index (Phi) is 9.94. The molecule has 7 nitrogen and oxygen atoms in total. The zero-order valence-electron chi connectivity index (χ0n) is 19.4. The lowest BCUT2D eigenvalue weighted by Crippen LogP contribution is -2.46. The van der Waals surface area contributed by atoms with Crippen LogP contribution in [-0.2, 0) is 25.5 Å². The van der Waals surface area contributed by atoms with Crippen LogP contribution in [0.3, 0.4) is 0 Å². The number of rotatable bonds is 13. The summed E-state index contributed by atoms with van der Waals surface area (Å²) in [6.45, 7) is 8.64. The second kappa shape index (κ2) is 12.4. The van der Waals surface area contributed by atoms with Gasteiger partial charge in [-0.2, -0.15) is 0 Å². The molecule has 1 aliphatic rings. The van der Waals surface area contributed by atoms with Gasteiger partial charge in [-0.3, -0.25) is 4.79 Å². The molecular formula is C25H35NO6. The highest BCUT2D eigenvalue weighted by Crippen LogP contribution is 2.23. The number of nitrogens with one attached hydrogen (secondary N) is 1. The lowest BCUT2D eigenvalue weighted by atomic mass is 9.99. The van der Waals surface area contributed by atoms with Gasteiger partial charge in [0.1, 0.15) is 11.4 Å². The maximum absolute atomic E-state index is 12.7. The highest BCUT2D eigenvalue weighted by Gasteiger charge is 2.31. The fraction of sp³-hybridized carbons (Fsp3) is 0.520. The molecule has 1 aromatic rings. The third kappa shape index (κ3) is 7.80. The summed E-state index contributed by atoms with van der Waals surface area (Å²) < 4.78 is 16.9. The lowest BCUT2D eigenvalue weighted by molar-refractivity contribution is -0.150. The summed E-state index contributed by atoms with van der Waals surface area (Å²) in [5.41, 5.74) is 0.934. The molecule has 0 aliphatic heterocycles. The quantitative estimate of drug-likeness (QED) is 0.481. The molecule has 2 rings (SSSR count). The second-order valence-corrected chi connectivity index (χ2v) is 8.07. The van der Waals surface area contributed by atoms with Crippen molar-refractivity contribution in [3.05, 3.63) is 53.6 Å². The molecule has 1 amide bonds. The van der Waals surface area contributed by atoms with E-state index in [1.807, 2.05) is 49.4 Å². The normalized spacial score (nSPS) is 16.9. The van der Waals surface area contributed by atoms with Crippen molar-refractivity contribution in [3.63, 3.8) is 0 Å². The van der Waals surface area contributed by atoms with Crippen LogP contribution in [0.2, 0.25) is 0 Å². The molecule has 32 heavy (non-hydrogen) atoms. The van der Waals surface area contributed by atoms with Crippen LogP contribution >= 0.6 is 0 Å². The summed E-state index contributed by atoms with van der Waals surface area (Å²) in [7, 11) is 0. The van der Waals surface area contributed by atoms with E-state index in [9.17, 15) is 14.7 Å². The lowest BCUT2D eigenvalue weighted by Gasteiger charge is -2.29. The number of aliphatic carboxylic acids is 1. The molecule has 2 N–H and O–H groups in total. The monoisotopic (exact) mass is 445 g/mol. The van der Waals surface area contributed by atoms with E-state index in [-0.39, 0.29) is 12.0 Å². The molecule has 0 radical (unpaired) electrons. The van der Waals surface area contributed by atoms with Crippen molar-refractivity contribution in [2.75, 3.05) is 19.8 Å². The van der Waals surface area contributed by atoms with Crippen molar-refractivity contribution in [1.82, 2.24) is 5.32 Å². The summed E-state index contributed by atoms with van der Waals surface area (Å²) >= 11 is 0. The predicted octanol–water partition coefficient (Wildman–Crippen LogP) is 3.67. The number of hydrogen-bond donors (Lipinski definition) is 2. The second-order valence-electron chi connectivity index (χ2n) is 8.07. The molecule has 0 aromatic heterocycles. The molecule has 0 spiro atoms. The first-order valence-electron chi connectivity index (χ1n) is 11.1. The molecule has 176 valence electrons. The number of carboxylic acid groups (broad SMARTS) is 1. The molecule has 0 saturated carbocycles. The number of carbonyl (C=O) groups is 2. The van der Waals surface area contributed by atoms with Gasteiger partial charge in [-0.15, -0.1) is 0 Å². The van der Waals surface area contributed by atoms with Crippen LogP contribution in [0.1, 0.15) is 46.1 Å². The van der Waals surface area contributed by atoms with E-state index in [1.165, 1.54) is 0 Å². The molecule has 0 fully saturated rings. The van der Waals surface area contributed by atoms with Crippen LogP contribution in [0.15, 0.2) is 48.1 Å². The van der Waals surface area contributed by atoms with E-state index >= 15 is 0 Å². The molecule has 2 atom stereocenters. The molecule has 1 aromatic carbocycles. The van der Waals surface area contributed by atoms with Gasteiger partial charge in [0, 0.05) is 19.6 Å². The van der Waals surface area contributed by atoms with Gasteiger partial charge in [-0.1, -0.05) is 36.4 Å². The smallest absolute Gasteiger partial charge is 0.333 e.